The molecule has 0 amide bonds. The van der Waals surface area contributed by atoms with E-state index in [1.54, 1.807) is 13.2 Å². The molecule has 0 fully saturated rings. The number of H-pyrrole nitrogens is 1. The van der Waals surface area contributed by atoms with Gasteiger partial charge in [0.05, 0.1) is 6.20 Å². The van der Waals surface area contributed by atoms with Gasteiger partial charge in [0.1, 0.15) is 0 Å². The zero-order valence-corrected chi connectivity index (χ0v) is 13.6. The minimum Gasteiger partial charge on any atom is -0.316 e. The molecule has 0 aliphatic heterocycles. The van der Waals surface area contributed by atoms with Crippen molar-refractivity contribution < 1.29 is 8.42 Å². The third kappa shape index (κ3) is 3.80. The Morgan fingerprint density at radius 3 is 2.50 bits per heavy atom. The second kappa shape index (κ2) is 7.75. The van der Waals surface area contributed by atoms with Crippen molar-refractivity contribution >= 4 is 10.0 Å². The van der Waals surface area contributed by atoms with Gasteiger partial charge >= 0.3 is 0 Å². The van der Waals surface area contributed by atoms with Crippen LogP contribution < -0.4 is 5.32 Å². The number of hydrogen-bond acceptors (Lipinski definition) is 4. The second-order valence-corrected chi connectivity index (χ2v) is 6.77. The highest BCUT2D eigenvalue weighted by Crippen LogP contribution is 2.20. The van der Waals surface area contributed by atoms with E-state index in [4.69, 9.17) is 0 Å². The van der Waals surface area contributed by atoms with Crippen molar-refractivity contribution in [2.45, 2.75) is 45.2 Å². The minimum absolute atomic E-state index is 0.208. The molecule has 1 aromatic heterocycles. The molecule has 0 unspecified atom stereocenters. The first-order valence-electron chi connectivity index (χ1n) is 7.18. The number of nitrogens with one attached hydrogen (secondary N) is 2. The fourth-order valence-corrected chi connectivity index (χ4v) is 3.83. The van der Waals surface area contributed by atoms with E-state index in [9.17, 15) is 8.42 Å². The van der Waals surface area contributed by atoms with E-state index in [0.717, 1.165) is 12.8 Å². The van der Waals surface area contributed by atoms with Gasteiger partial charge in [0.2, 0.25) is 0 Å². The highest BCUT2D eigenvalue weighted by atomic mass is 32.2. The van der Waals surface area contributed by atoms with Gasteiger partial charge in [-0.05, 0) is 13.0 Å². The summed E-state index contributed by atoms with van der Waals surface area (Å²) in [6.07, 6.45) is 3.53. The van der Waals surface area contributed by atoms with Crippen LogP contribution in [0.2, 0.25) is 0 Å². The summed E-state index contributed by atoms with van der Waals surface area (Å²) in [6, 6.07) is 0. The van der Waals surface area contributed by atoms with E-state index < -0.39 is 10.0 Å². The molecule has 0 radical (unpaired) electrons. The van der Waals surface area contributed by atoms with Crippen LogP contribution in [0.15, 0.2) is 11.2 Å². The number of nitrogens with zero attached hydrogens (tertiary/aromatic N) is 2. The highest BCUT2D eigenvalue weighted by Gasteiger charge is 2.28. The van der Waals surface area contributed by atoms with Crippen molar-refractivity contribution in [3.05, 3.63) is 11.8 Å². The lowest BCUT2D eigenvalue weighted by Crippen LogP contribution is -2.36. The molecule has 1 rings (SSSR count). The van der Waals surface area contributed by atoms with Crippen LogP contribution in [0.4, 0.5) is 0 Å². The topological polar surface area (TPSA) is 78.1 Å². The second-order valence-electron chi connectivity index (χ2n) is 4.89. The summed E-state index contributed by atoms with van der Waals surface area (Å²) in [6.45, 7) is 7.57. The summed E-state index contributed by atoms with van der Waals surface area (Å²) in [5, 5.41) is 9.68. The Hall–Kier alpha value is -0.920. The molecule has 0 spiro atoms. The summed E-state index contributed by atoms with van der Waals surface area (Å²) >= 11 is 0. The van der Waals surface area contributed by atoms with Crippen molar-refractivity contribution in [1.29, 1.82) is 0 Å². The molecule has 0 saturated heterocycles. The van der Waals surface area contributed by atoms with Crippen molar-refractivity contribution in [3.63, 3.8) is 0 Å². The lowest BCUT2D eigenvalue weighted by atomic mass is 10.0. The molecule has 0 bridgehead atoms. The van der Waals surface area contributed by atoms with Crippen LogP contribution in [0.5, 0.6) is 0 Å². The van der Waals surface area contributed by atoms with Crippen LogP contribution in [0, 0.1) is 5.92 Å². The zero-order valence-electron chi connectivity index (χ0n) is 12.8. The molecule has 0 aliphatic rings. The van der Waals surface area contributed by atoms with Crippen LogP contribution in [0.1, 0.15) is 39.2 Å². The first-order chi connectivity index (χ1) is 9.51. The summed E-state index contributed by atoms with van der Waals surface area (Å²) in [4.78, 5) is 0. The van der Waals surface area contributed by atoms with Gasteiger partial charge in [-0.3, -0.25) is 5.10 Å². The predicted octanol–water partition coefficient (Wildman–Crippen LogP) is 1.58. The minimum atomic E-state index is -3.50. The molecular formula is C13H26N4O2S. The normalized spacial score (nSPS) is 12.5. The van der Waals surface area contributed by atoms with Gasteiger partial charge < -0.3 is 5.32 Å². The highest BCUT2D eigenvalue weighted by molar-refractivity contribution is 7.89. The van der Waals surface area contributed by atoms with Crippen molar-refractivity contribution in [2.75, 3.05) is 20.1 Å². The fourth-order valence-electron chi connectivity index (χ4n) is 2.20. The largest absolute Gasteiger partial charge is 0.316 e. The third-order valence-electron chi connectivity index (χ3n) is 3.61. The summed E-state index contributed by atoms with van der Waals surface area (Å²) in [5.41, 5.74) is 0.676. The number of aromatic nitrogens is 2. The summed E-state index contributed by atoms with van der Waals surface area (Å²) in [7, 11) is -1.72. The summed E-state index contributed by atoms with van der Waals surface area (Å²) < 4.78 is 27.0. The number of rotatable bonds is 9. The standard InChI is InChI=1S/C13H26N4O2S/c1-5-11(6-2)10-17(7-3)20(18,19)13-12(8-14-4)9-15-16-13/h9,11,14H,5-8,10H2,1-4H3,(H,15,16). The molecule has 1 aromatic rings. The Bertz CT molecular complexity index is 494. The lowest BCUT2D eigenvalue weighted by Gasteiger charge is -2.24. The maximum atomic E-state index is 12.7. The molecule has 1 heterocycles. The number of hydrogen-bond donors (Lipinski definition) is 2. The van der Waals surface area contributed by atoms with Crippen LogP contribution in [-0.2, 0) is 16.6 Å². The lowest BCUT2D eigenvalue weighted by molar-refractivity contribution is 0.338. The first kappa shape index (κ1) is 17.1. The summed E-state index contributed by atoms with van der Waals surface area (Å²) in [5.74, 6) is 0.389. The van der Waals surface area contributed by atoms with Crippen LogP contribution in [0.3, 0.4) is 0 Å². The Labute approximate surface area is 122 Å². The molecule has 2 N–H and O–H groups in total. The van der Waals surface area contributed by atoms with Gasteiger partial charge in [-0.1, -0.05) is 33.6 Å². The Morgan fingerprint density at radius 1 is 1.35 bits per heavy atom. The van der Waals surface area contributed by atoms with Crippen LogP contribution >= 0.6 is 0 Å². The quantitative estimate of drug-likeness (QED) is 0.726. The van der Waals surface area contributed by atoms with E-state index in [2.05, 4.69) is 29.4 Å². The molecule has 6 nitrogen and oxygen atoms in total. The SMILES string of the molecule is CCC(CC)CN(CC)S(=O)(=O)c1[nH]ncc1CNC. The van der Waals surface area contributed by atoms with Gasteiger partial charge in [0, 0.05) is 25.2 Å². The Balaban J connectivity index is 3.02. The molecule has 7 heteroatoms. The average Bonchev–Trinajstić information content (AvgIpc) is 2.89. The first-order valence-corrected chi connectivity index (χ1v) is 8.62. The smallest absolute Gasteiger partial charge is 0.260 e. The van der Waals surface area contributed by atoms with Gasteiger partial charge in [-0.15, -0.1) is 0 Å². The zero-order chi connectivity index (χ0) is 15.2. The fraction of sp³-hybridized carbons (Fsp3) is 0.769. The van der Waals surface area contributed by atoms with Gasteiger partial charge in [0.25, 0.3) is 10.0 Å². The molecule has 0 atom stereocenters. The molecule has 20 heavy (non-hydrogen) atoms. The molecule has 0 aliphatic carbocycles. The molecule has 0 saturated carbocycles. The van der Waals surface area contributed by atoms with Crippen molar-refractivity contribution in [3.8, 4) is 0 Å². The van der Waals surface area contributed by atoms with E-state index in [1.807, 2.05) is 6.92 Å². The Kier molecular flexibility index (Phi) is 6.64. The maximum Gasteiger partial charge on any atom is 0.260 e. The van der Waals surface area contributed by atoms with Gasteiger partial charge in [-0.25, -0.2) is 8.42 Å². The molecular weight excluding hydrogens is 276 g/mol. The van der Waals surface area contributed by atoms with Gasteiger partial charge in [0.15, 0.2) is 5.03 Å². The van der Waals surface area contributed by atoms with Crippen LogP contribution in [-0.4, -0.2) is 43.1 Å². The Morgan fingerprint density at radius 2 is 2.00 bits per heavy atom. The van der Waals surface area contributed by atoms with E-state index in [0.29, 0.717) is 31.1 Å². The van der Waals surface area contributed by atoms with Crippen molar-refractivity contribution in [1.82, 2.24) is 19.8 Å². The molecule has 116 valence electrons. The van der Waals surface area contributed by atoms with Gasteiger partial charge in [-0.2, -0.15) is 9.40 Å². The monoisotopic (exact) mass is 302 g/mol. The maximum absolute atomic E-state index is 12.7. The predicted molar refractivity (Wildman–Crippen MR) is 79.9 cm³/mol. The molecule has 0 aromatic carbocycles. The third-order valence-corrected chi connectivity index (χ3v) is 5.57. The van der Waals surface area contributed by atoms with E-state index >= 15 is 0 Å². The van der Waals surface area contributed by atoms with Crippen molar-refractivity contribution in [2.24, 2.45) is 5.92 Å². The number of aromatic amines is 1. The van der Waals surface area contributed by atoms with E-state index in [-0.39, 0.29) is 5.03 Å². The van der Waals surface area contributed by atoms with Crippen LogP contribution in [0.25, 0.3) is 0 Å². The average molecular weight is 302 g/mol. The van der Waals surface area contributed by atoms with E-state index in [1.165, 1.54) is 4.31 Å². The number of sulfonamides is 1.